The number of hydrogen-bond acceptors (Lipinski definition) is 3. The van der Waals surface area contributed by atoms with E-state index in [1.807, 2.05) is 6.92 Å². The SMILES string of the molecule is CCCC(=O)[N]c1ncc(CC)s1. The molecule has 0 fully saturated rings. The van der Waals surface area contributed by atoms with E-state index >= 15 is 0 Å². The number of carbonyl (C=O) groups excluding carboxylic acids is 1. The van der Waals surface area contributed by atoms with E-state index in [9.17, 15) is 4.79 Å². The molecule has 1 heterocycles. The lowest BCUT2D eigenvalue weighted by Crippen LogP contribution is -2.08. The van der Waals surface area contributed by atoms with Crippen LogP contribution in [0.25, 0.3) is 0 Å². The molecule has 0 bridgehead atoms. The van der Waals surface area contributed by atoms with Crippen LogP contribution in [0, 0.1) is 0 Å². The van der Waals surface area contributed by atoms with Gasteiger partial charge < -0.3 is 0 Å². The van der Waals surface area contributed by atoms with Crippen molar-refractivity contribution in [3.8, 4) is 0 Å². The Balaban J connectivity index is 2.49. The summed E-state index contributed by atoms with van der Waals surface area (Å²) in [7, 11) is 0. The fraction of sp³-hybridized carbons (Fsp3) is 0.556. The highest BCUT2D eigenvalue weighted by atomic mass is 32.1. The van der Waals surface area contributed by atoms with Gasteiger partial charge in [0.2, 0.25) is 11.0 Å². The molecule has 0 unspecified atom stereocenters. The third-order valence-electron chi connectivity index (χ3n) is 1.57. The topological polar surface area (TPSA) is 44.1 Å². The van der Waals surface area contributed by atoms with E-state index in [4.69, 9.17) is 0 Å². The number of rotatable bonds is 4. The molecule has 3 nitrogen and oxygen atoms in total. The molecule has 0 aliphatic carbocycles. The summed E-state index contributed by atoms with van der Waals surface area (Å²) in [6, 6.07) is 0. The van der Waals surface area contributed by atoms with Crippen molar-refractivity contribution in [3.05, 3.63) is 11.1 Å². The number of thiazole rings is 1. The smallest absolute Gasteiger partial charge is 0.248 e. The van der Waals surface area contributed by atoms with Gasteiger partial charge in [-0.2, -0.15) is 5.32 Å². The molecule has 0 atom stereocenters. The molecular formula is C9H13N2OS. The van der Waals surface area contributed by atoms with E-state index in [1.54, 1.807) is 6.20 Å². The van der Waals surface area contributed by atoms with Crippen molar-refractivity contribution < 1.29 is 4.79 Å². The Morgan fingerprint density at radius 2 is 2.38 bits per heavy atom. The molecule has 1 radical (unpaired) electrons. The second kappa shape index (κ2) is 4.97. The van der Waals surface area contributed by atoms with Crippen molar-refractivity contribution in [2.75, 3.05) is 0 Å². The summed E-state index contributed by atoms with van der Waals surface area (Å²) >= 11 is 1.49. The summed E-state index contributed by atoms with van der Waals surface area (Å²) in [4.78, 5) is 16.3. The number of amides is 1. The summed E-state index contributed by atoms with van der Waals surface area (Å²) in [5.41, 5.74) is 0. The average molecular weight is 197 g/mol. The van der Waals surface area contributed by atoms with Gasteiger partial charge in [0.25, 0.3) is 0 Å². The fourth-order valence-electron chi connectivity index (χ4n) is 0.889. The molecule has 1 aromatic heterocycles. The summed E-state index contributed by atoms with van der Waals surface area (Å²) in [5, 5.41) is 4.48. The predicted octanol–water partition coefficient (Wildman–Crippen LogP) is 2.27. The first kappa shape index (κ1) is 10.2. The molecule has 1 aromatic rings. The maximum absolute atomic E-state index is 11.1. The Kier molecular flexibility index (Phi) is 3.89. The highest BCUT2D eigenvalue weighted by Gasteiger charge is 2.06. The minimum Gasteiger partial charge on any atom is -0.273 e. The number of nitrogens with zero attached hydrogens (tertiary/aromatic N) is 2. The normalized spacial score (nSPS) is 10.0. The van der Waals surface area contributed by atoms with Crippen LogP contribution in [0.4, 0.5) is 5.13 Å². The Bertz CT molecular complexity index is 283. The first-order valence-electron chi connectivity index (χ1n) is 4.45. The zero-order valence-electron chi connectivity index (χ0n) is 7.91. The van der Waals surface area contributed by atoms with E-state index in [-0.39, 0.29) is 5.91 Å². The molecule has 0 saturated carbocycles. The minimum absolute atomic E-state index is 0.0699. The molecule has 0 aromatic carbocycles. The predicted molar refractivity (Wildman–Crippen MR) is 53.2 cm³/mol. The molecule has 0 aliphatic heterocycles. The maximum atomic E-state index is 11.1. The minimum atomic E-state index is -0.0699. The Morgan fingerprint density at radius 3 is 2.92 bits per heavy atom. The maximum Gasteiger partial charge on any atom is 0.248 e. The van der Waals surface area contributed by atoms with Crippen molar-refractivity contribution in [2.45, 2.75) is 33.1 Å². The third kappa shape index (κ3) is 3.14. The highest BCUT2D eigenvalue weighted by Crippen LogP contribution is 2.18. The van der Waals surface area contributed by atoms with Crippen molar-refractivity contribution >= 4 is 22.4 Å². The van der Waals surface area contributed by atoms with Crippen molar-refractivity contribution in [1.29, 1.82) is 0 Å². The Labute approximate surface area is 82.2 Å². The van der Waals surface area contributed by atoms with Gasteiger partial charge in [-0.15, -0.1) is 0 Å². The molecule has 0 saturated heterocycles. The van der Waals surface area contributed by atoms with Crippen molar-refractivity contribution in [2.24, 2.45) is 0 Å². The van der Waals surface area contributed by atoms with Gasteiger partial charge in [-0.3, -0.25) is 4.79 Å². The first-order chi connectivity index (χ1) is 6.26. The van der Waals surface area contributed by atoms with Crippen LogP contribution in [-0.2, 0) is 11.2 Å². The zero-order chi connectivity index (χ0) is 9.68. The van der Waals surface area contributed by atoms with Gasteiger partial charge in [0.1, 0.15) is 0 Å². The monoisotopic (exact) mass is 197 g/mol. The van der Waals surface area contributed by atoms with Gasteiger partial charge in [0.05, 0.1) is 0 Å². The van der Waals surface area contributed by atoms with Crippen LogP contribution in [0.15, 0.2) is 6.20 Å². The third-order valence-corrected chi connectivity index (χ3v) is 2.61. The summed E-state index contributed by atoms with van der Waals surface area (Å²) < 4.78 is 0. The largest absolute Gasteiger partial charge is 0.273 e. The summed E-state index contributed by atoms with van der Waals surface area (Å²) in [5.74, 6) is -0.0699. The van der Waals surface area contributed by atoms with Crippen LogP contribution in [0.2, 0.25) is 0 Å². The van der Waals surface area contributed by atoms with Crippen molar-refractivity contribution in [1.82, 2.24) is 10.3 Å². The average Bonchev–Trinajstić information content (AvgIpc) is 2.52. The lowest BCUT2D eigenvalue weighted by atomic mass is 10.3. The van der Waals surface area contributed by atoms with Crippen LogP contribution in [-0.4, -0.2) is 10.9 Å². The van der Waals surface area contributed by atoms with E-state index < -0.39 is 0 Å². The van der Waals surface area contributed by atoms with E-state index in [0.29, 0.717) is 11.6 Å². The lowest BCUT2D eigenvalue weighted by molar-refractivity contribution is -0.120. The van der Waals surface area contributed by atoms with Gasteiger partial charge in [0, 0.05) is 17.5 Å². The van der Waals surface area contributed by atoms with Crippen LogP contribution in [0.3, 0.4) is 0 Å². The van der Waals surface area contributed by atoms with Gasteiger partial charge in [-0.05, 0) is 12.8 Å². The second-order valence-corrected chi connectivity index (χ2v) is 3.81. The molecule has 0 N–H and O–H groups in total. The molecule has 1 rings (SSSR count). The molecule has 4 heteroatoms. The molecular weight excluding hydrogens is 184 g/mol. The zero-order valence-corrected chi connectivity index (χ0v) is 8.73. The van der Waals surface area contributed by atoms with Crippen molar-refractivity contribution in [3.63, 3.8) is 0 Å². The van der Waals surface area contributed by atoms with E-state index in [0.717, 1.165) is 12.8 Å². The van der Waals surface area contributed by atoms with Crippen LogP contribution >= 0.6 is 11.3 Å². The van der Waals surface area contributed by atoms with Gasteiger partial charge in [0.15, 0.2) is 0 Å². The van der Waals surface area contributed by atoms with Gasteiger partial charge in [-0.1, -0.05) is 25.2 Å². The van der Waals surface area contributed by atoms with Gasteiger partial charge in [-0.25, -0.2) is 4.98 Å². The molecule has 0 aliphatic rings. The number of hydrogen-bond donors (Lipinski definition) is 0. The Morgan fingerprint density at radius 1 is 1.62 bits per heavy atom. The fourth-order valence-corrected chi connectivity index (χ4v) is 1.63. The second-order valence-electron chi connectivity index (χ2n) is 2.72. The summed E-state index contributed by atoms with van der Waals surface area (Å²) in [6.45, 7) is 4.03. The molecule has 0 spiro atoms. The van der Waals surface area contributed by atoms with Gasteiger partial charge >= 0.3 is 0 Å². The first-order valence-corrected chi connectivity index (χ1v) is 5.27. The van der Waals surface area contributed by atoms with E-state index in [2.05, 4.69) is 17.2 Å². The quantitative estimate of drug-likeness (QED) is 0.743. The molecule has 1 amide bonds. The summed E-state index contributed by atoms with van der Waals surface area (Å²) in [6.07, 6.45) is 4.09. The van der Waals surface area contributed by atoms with Crippen LogP contribution in [0.5, 0.6) is 0 Å². The lowest BCUT2D eigenvalue weighted by Gasteiger charge is -1.93. The number of aromatic nitrogens is 1. The Hall–Kier alpha value is -0.900. The highest BCUT2D eigenvalue weighted by molar-refractivity contribution is 7.15. The molecule has 71 valence electrons. The van der Waals surface area contributed by atoms with E-state index in [1.165, 1.54) is 16.2 Å². The number of aryl methyl sites for hydroxylation is 1. The standard InChI is InChI=1S/C9H13N2OS/c1-3-5-8(12)11-9-10-6-7(4-2)13-9/h6H,3-5H2,1-2H3. The van der Waals surface area contributed by atoms with Crippen LogP contribution in [0.1, 0.15) is 31.6 Å². The molecule has 13 heavy (non-hydrogen) atoms. The van der Waals surface area contributed by atoms with Crippen LogP contribution < -0.4 is 5.32 Å². The number of carbonyl (C=O) groups is 1.